The van der Waals surface area contributed by atoms with E-state index in [2.05, 4.69) is 26.0 Å². The number of ether oxygens (including phenoxy) is 1. The number of hydrogen-bond donors (Lipinski definition) is 2. The Morgan fingerprint density at radius 2 is 1.86 bits per heavy atom. The Balaban J connectivity index is 2.99. The minimum absolute atomic E-state index is 0.241. The number of benzene rings is 1. The van der Waals surface area contributed by atoms with E-state index in [0.29, 0.717) is 15.8 Å². The molecule has 0 radical (unpaired) electrons. The monoisotopic (exact) mass is 392 g/mol. The van der Waals surface area contributed by atoms with Crippen molar-refractivity contribution in [3.63, 3.8) is 0 Å². The number of hydrogen-bond acceptors (Lipinski definition) is 4. The Morgan fingerprint density at radius 1 is 1.27 bits per heavy atom. The summed E-state index contributed by atoms with van der Waals surface area (Å²) in [5, 5.41) is 2.55. The lowest BCUT2D eigenvalue weighted by atomic mass is 10.3. The third-order valence-electron chi connectivity index (χ3n) is 2.61. The first kappa shape index (κ1) is 18.8. The van der Waals surface area contributed by atoms with Gasteiger partial charge in [-0.15, -0.1) is 0 Å². The minimum atomic E-state index is -3.56. The summed E-state index contributed by atoms with van der Waals surface area (Å²) in [4.78, 5) is 11.6. The molecule has 2 N–H and O–H groups in total. The molecule has 0 saturated carbocycles. The summed E-state index contributed by atoms with van der Waals surface area (Å²) in [6.07, 6.45) is -0.837. The van der Waals surface area contributed by atoms with Crippen LogP contribution in [0.25, 0.3) is 0 Å². The van der Waals surface area contributed by atoms with Crippen molar-refractivity contribution in [2.75, 3.05) is 10.0 Å². The van der Waals surface area contributed by atoms with E-state index in [1.807, 2.05) is 0 Å². The molecular formula is C14H21BrN2O4S. The molecule has 0 unspecified atom stereocenters. The maximum atomic E-state index is 12.2. The van der Waals surface area contributed by atoms with Crippen LogP contribution in [0.5, 0.6) is 0 Å². The highest BCUT2D eigenvalue weighted by molar-refractivity contribution is 9.10. The lowest BCUT2D eigenvalue weighted by Crippen LogP contribution is -2.33. The maximum absolute atomic E-state index is 12.2. The van der Waals surface area contributed by atoms with Crippen LogP contribution in [0, 0.1) is 0 Å². The largest absolute Gasteiger partial charge is 0.447 e. The molecule has 0 spiro atoms. The number of amides is 1. The summed E-state index contributed by atoms with van der Waals surface area (Å²) in [5.41, 5.74) is 0.776. The zero-order valence-electron chi connectivity index (χ0n) is 13.2. The van der Waals surface area contributed by atoms with E-state index in [0.717, 1.165) is 0 Å². The molecule has 0 aliphatic carbocycles. The van der Waals surface area contributed by atoms with Gasteiger partial charge < -0.3 is 4.74 Å². The summed E-state index contributed by atoms with van der Waals surface area (Å²) in [6, 6.07) is 4.81. The van der Waals surface area contributed by atoms with Gasteiger partial charge in [-0.1, -0.05) is 0 Å². The Hall–Kier alpha value is -1.28. The van der Waals surface area contributed by atoms with Crippen molar-refractivity contribution in [3.8, 4) is 0 Å². The molecule has 124 valence electrons. The number of rotatable bonds is 4. The van der Waals surface area contributed by atoms with Gasteiger partial charge in [0.2, 0.25) is 10.0 Å². The molecular weight excluding hydrogens is 372 g/mol. The first-order chi connectivity index (χ1) is 9.92. The second-order valence-electron chi connectivity index (χ2n) is 5.99. The molecule has 1 aromatic rings. The lowest BCUT2D eigenvalue weighted by Gasteiger charge is -2.21. The minimum Gasteiger partial charge on any atom is -0.447 e. The molecule has 1 amide bonds. The van der Waals surface area contributed by atoms with Crippen LogP contribution in [-0.2, 0) is 14.8 Å². The number of halogens is 1. The van der Waals surface area contributed by atoms with Crippen LogP contribution < -0.4 is 10.0 Å². The van der Waals surface area contributed by atoms with E-state index in [9.17, 15) is 13.2 Å². The van der Waals surface area contributed by atoms with Gasteiger partial charge in [0.1, 0.15) is 0 Å². The van der Waals surface area contributed by atoms with Crippen LogP contribution in [-0.4, -0.2) is 25.4 Å². The van der Waals surface area contributed by atoms with Crippen molar-refractivity contribution in [2.45, 2.75) is 45.5 Å². The highest BCUT2D eigenvalue weighted by Gasteiger charge is 2.29. The smallest absolute Gasteiger partial charge is 0.411 e. The fourth-order valence-electron chi connectivity index (χ4n) is 1.34. The molecule has 8 heteroatoms. The second kappa shape index (κ2) is 6.87. The Morgan fingerprint density at radius 3 is 2.36 bits per heavy atom. The number of sulfonamides is 1. The number of carbonyl (C=O) groups excluding carboxylic acids is 1. The molecule has 1 aromatic carbocycles. The Kier molecular flexibility index (Phi) is 5.86. The van der Waals surface area contributed by atoms with Crippen molar-refractivity contribution in [1.82, 2.24) is 0 Å². The molecule has 0 aromatic heterocycles. The second-order valence-corrected chi connectivity index (χ2v) is 9.28. The SMILES string of the molecule is CC(C)OC(=O)Nc1ccc(Br)c(NS(=O)(=O)C(C)(C)C)c1. The van der Waals surface area contributed by atoms with E-state index in [4.69, 9.17) is 4.74 Å². The van der Waals surface area contributed by atoms with Crippen molar-refractivity contribution in [1.29, 1.82) is 0 Å². The zero-order valence-corrected chi connectivity index (χ0v) is 15.6. The molecule has 6 nitrogen and oxygen atoms in total. The van der Waals surface area contributed by atoms with Gasteiger partial charge in [0.15, 0.2) is 0 Å². The average Bonchev–Trinajstić information content (AvgIpc) is 2.30. The van der Waals surface area contributed by atoms with Crippen molar-refractivity contribution in [3.05, 3.63) is 22.7 Å². The summed E-state index contributed by atoms with van der Waals surface area (Å²) in [7, 11) is -3.56. The maximum Gasteiger partial charge on any atom is 0.411 e. The van der Waals surface area contributed by atoms with Gasteiger partial charge in [0.05, 0.1) is 16.5 Å². The van der Waals surface area contributed by atoms with Crippen LogP contribution >= 0.6 is 15.9 Å². The van der Waals surface area contributed by atoms with E-state index in [-0.39, 0.29) is 6.10 Å². The molecule has 0 fully saturated rings. The van der Waals surface area contributed by atoms with Crippen LogP contribution in [0.4, 0.5) is 16.2 Å². The third kappa shape index (κ3) is 5.17. The summed E-state index contributed by atoms with van der Waals surface area (Å²) in [6.45, 7) is 8.29. The Bertz CT molecular complexity index is 651. The van der Waals surface area contributed by atoms with E-state index in [1.165, 1.54) is 6.07 Å². The van der Waals surface area contributed by atoms with Crippen LogP contribution in [0.1, 0.15) is 34.6 Å². The summed E-state index contributed by atoms with van der Waals surface area (Å²) >= 11 is 3.29. The number of carbonyl (C=O) groups is 1. The topological polar surface area (TPSA) is 84.5 Å². The van der Waals surface area contributed by atoms with Crippen LogP contribution in [0.3, 0.4) is 0 Å². The Labute approximate surface area is 139 Å². The molecule has 22 heavy (non-hydrogen) atoms. The van der Waals surface area contributed by atoms with Gasteiger partial charge in [0, 0.05) is 10.2 Å². The van der Waals surface area contributed by atoms with E-state index >= 15 is 0 Å². The van der Waals surface area contributed by atoms with Gasteiger partial charge in [-0.3, -0.25) is 10.0 Å². The predicted octanol–water partition coefficient (Wildman–Crippen LogP) is 3.95. The zero-order chi connectivity index (χ0) is 17.1. The number of nitrogens with one attached hydrogen (secondary N) is 2. The molecule has 0 saturated heterocycles. The molecule has 0 bridgehead atoms. The fourth-order valence-corrected chi connectivity index (χ4v) is 2.58. The van der Waals surface area contributed by atoms with Gasteiger partial charge in [-0.25, -0.2) is 13.2 Å². The summed E-state index contributed by atoms with van der Waals surface area (Å²) in [5.74, 6) is 0. The van der Waals surface area contributed by atoms with Gasteiger partial charge in [-0.05, 0) is 68.7 Å². The molecule has 1 rings (SSSR count). The lowest BCUT2D eigenvalue weighted by molar-refractivity contribution is 0.130. The van der Waals surface area contributed by atoms with Crippen molar-refractivity contribution in [2.24, 2.45) is 0 Å². The number of anilines is 2. The van der Waals surface area contributed by atoms with Gasteiger partial charge >= 0.3 is 6.09 Å². The van der Waals surface area contributed by atoms with Crippen LogP contribution in [0.15, 0.2) is 22.7 Å². The molecule has 0 heterocycles. The molecule has 0 atom stereocenters. The third-order valence-corrected chi connectivity index (χ3v) is 5.40. The first-order valence-electron chi connectivity index (χ1n) is 6.72. The van der Waals surface area contributed by atoms with Gasteiger partial charge in [0.25, 0.3) is 0 Å². The first-order valence-corrected chi connectivity index (χ1v) is 8.99. The van der Waals surface area contributed by atoms with Gasteiger partial charge in [-0.2, -0.15) is 0 Å². The van der Waals surface area contributed by atoms with E-state index in [1.54, 1.807) is 46.8 Å². The van der Waals surface area contributed by atoms with E-state index < -0.39 is 20.9 Å². The van der Waals surface area contributed by atoms with Crippen molar-refractivity contribution < 1.29 is 17.9 Å². The molecule has 0 aliphatic heterocycles. The predicted molar refractivity (Wildman–Crippen MR) is 91.7 cm³/mol. The highest BCUT2D eigenvalue weighted by atomic mass is 79.9. The normalized spacial score (nSPS) is 12.1. The quantitative estimate of drug-likeness (QED) is 0.812. The summed E-state index contributed by atoms with van der Waals surface area (Å²) < 4.78 is 31.5. The fraction of sp³-hybridized carbons (Fsp3) is 0.500. The standard InChI is InChI=1S/C14H21BrN2O4S/c1-9(2)21-13(18)16-10-6-7-11(15)12(8-10)17-22(19,20)14(3,4)5/h6-9,17H,1-5H3,(H,16,18). The molecule has 0 aliphatic rings. The van der Waals surface area contributed by atoms with Crippen LogP contribution in [0.2, 0.25) is 0 Å². The average molecular weight is 393 g/mol. The van der Waals surface area contributed by atoms with Crippen molar-refractivity contribution >= 4 is 43.4 Å². The highest BCUT2D eigenvalue weighted by Crippen LogP contribution is 2.29.